The lowest BCUT2D eigenvalue weighted by molar-refractivity contribution is 0.218. The Morgan fingerprint density at radius 1 is 0.794 bits per heavy atom. The number of benzene rings is 2. The Hall–Kier alpha value is -1.73. The molecule has 0 spiro atoms. The Bertz CT molecular complexity index is 1010. The molecule has 2 aromatic rings. The molecule has 186 valence electrons. The van der Waals surface area contributed by atoms with Crippen molar-refractivity contribution < 1.29 is 0 Å². The molecule has 0 saturated heterocycles. The first-order valence-electron chi connectivity index (χ1n) is 13.3. The van der Waals surface area contributed by atoms with Gasteiger partial charge in [0.25, 0.3) is 0 Å². The van der Waals surface area contributed by atoms with Crippen LogP contribution in [0.25, 0.3) is 5.70 Å². The maximum Gasteiger partial charge on any atom is 0.0440 e. The van der Waals surface area contributed by atoms with Crippen LogP contribution in [-0.4, -0.2) is 0 Å². The first-order chi connectivity index (χ1) is 15.9. The van der Waals surface area contributed by atoms with Gasteiger partial charge in [-0.25, -0.2) is 0 Å². The molecule has 2 heteroatoms. The van der Waals surface area contributed by atoms with E-state index in [0.717, 1.165) is 17.0 Å². The van der Waals surface area contributed by atoms with Crippen LogP contribution in [0.1, 0.15) is 96.0 Å². The van der Waals surface area contributed by atoms with Gasteiger partial charge in [-0.2, -0.15) is 0 Å². The fraction of sp³-hybridized carbons (Fsp3) is 0.562. The third-order valence-corrected chi connectivity index (χ3v) is 9.67. The van der Waals surface area contributed by atoms with Gasteiger partial charge in [-0.3, -0.25) is 0 Å². The summed E-state index contributed by atoms with van der Waals surface area (Å²) in [5.74, 6) is 2.65. The highest BCUT2D eigenvalue weighted by molar-refractivity contribution is 6.31. The summed E-state index contributed by atoms with van der Waals surface area (Å²) >= 11 is 6.31. The maximum atomic E-state index is 6.31. The minimum Gasteiger partial charge on any atom is -0.399 e. The molecule has 2 aliphatic rings. The van der Waals surface area contributed by atoms with E-state index in [9.17, 15) is 0 Å². The molecular formula is C32H46ClN. The van der Waals surface area contributed by atoms with Crippen molar-refractivity contribution in [2.45, 2.75) is 91.9 Å². The summed E-state index contributed by atoms with van der Waals surface area (Å²) in [7, 11) is 0. The average molecular weight is 480 g/mol. The molecule has 2 aromatic carbocycles. The van der Waals surface area contributed by atoms with Crippen LogP contribution in [0, 0.1) is 23.7 Å². The first kappa shape index (κ1) is 26.9. The van der Waals surface area contributed by atoms with Crippen LogP contribution < -0.4 is 5.73 Å². The summed E-state index contributed by atoms with van der Waals surface area (Å²) < 4.78 is 0. The van der Waals surface area contributed by atoms with Crippen LogP contribution in [0.2, 0.25) is 5.02 Å². The second-order valence-corrected chi connectivity index (χ2v) is 12.3. The lowest BCUT2D eigenvalue weighted by Crippen LogP contribution is -2.35. The Morgan fingerprint density at radius 2 is 1.32 bits per heavy atom. The molecule has 34 heavy (non-hydrogen) atoms. The number of aryl methyl sites for hydroxylation is 1. The molecule has 0 saturated carbocycles. The minimum absolute atomic E-state index is 0.306. The molecule has 0 radical (unpaired) electrons. The Labute approximate surface area is 214 Å². The fourth-order valence-corrected chi connectivity index (χ4v) is 7.62. The average Bonchev–Trinajstić information content (AvgIpc) is 3.35. The molecule has 0 amide bonds. The van der Waals surface area contributed by atoms with Crippen molar-refractivity contribution in [3.05, 3.63) is 75.8 Å². The summed E-state index contributed by atoms with van der Waals surface area (Å²) in [6.07, 6.45) is 4.86. The lowest BCUT2D eigenvalue weighted by Gasteiger charge is -2.39. The third-order valence-electron chi connectivity index (χ3n) is 9.32. The number of halogens is 1. The van der Waals surface area contributed by atoms with Gasteiger partial charge in [0.15, 0.2) is 0 Å². The summed E-state index contributed by atoms with van der Waals surface area (Å²) in [6, 6.07) is 13.1. The van der Waals surface area contributed by atoms with Gasteiger partial charge < -0.3 is 5.73 Å². The highest BCUT2D eigenvalue weighted by Crippen LogP contribution is 2.51. The van der Waals surface area contributed by atoms with Gasteiger partial charge in [0.1, 0.15) is 0 Å². The zero-order valence-electron chi connectivity index (χ0n) is 22.8. The summed E-state index contributed by atoms with van der Waals surface area (Å²) in [5, 5.41) is 0.959. The van der Waals surface area contributed by atoms with Crippen molar-refractivity contribution in [1.29, 1.82) is 0 Å². The van der Waals surface area contributed by atoms with E-state index in [2.05, 4.69) is 92.3 Å². The van der Waals surface area contributed by atoms with E-state index in [4.69, 9.17) is 17.3 Å². The van der Waals surface area contributed by atoms with Crippen molar-refractivity contribution in [3.63, 3.8) is 0 Å². The molecule has 2 aliphatic carbocycles. The highest BCUT2D eigenvalue weighted by atomic mass is 35.5. The lowest BCUT2D eigenvalue weighted by atomic mass is 9.65. The van der Waals surface area contributed by atoms with Gasteiger partial charge >= 0.3 is 0 Å². The molecule has 0 bridgehead atoms. The molecule has 0 atom stereocenters. The third kappa shape index (κ3) is 4.34. The quantitative estimate of drug-likeness (QED) is 0.454. The predicted octanol–water partition coefficient (Wildman–Crippen LogP) is 8.95. The van der Waals surface area contributed by atoms with E-state index in [0.29, 0.717) is 40.2 Å². The van der Waals surface area contributed by atoms with E-state index in [-0.39, 0.29) is 0 Å². The van der Waals surface area contributed by atoms with Crippen molar-refractivity contribution in [2.75, 3.05) is 0 Å². The normalized spacial score (nSPS) is 17.7. The Kier molecular flexibility index (Phi) is 7.98. The van der Waals surface area contributed by atoms with Crippen LogP contribution in [-0.2, 0) is 23.7 Å². The van der Waals surface area contributed by atoms with Crippen LogP contribution in [0.3, 0.4) is 0 Å². The highest BCUT2D eigenvalue weighted by Gasteiger charge is 2.45. The van der Waals surface area contributed by atoms with E-state index < -0.39 is 0 Å². The number of nitrogens with two attached hydrogens (primary N) is 1. The van der Waals surface area contributed by atoms with E-state index >= 15 is 0 Å². The smallest absolute Gasteiger partial charge is 0.0440 e. The van der Waals surface area contributed by atoms with E-state index in [1.807, 2.05) is 6.07 Å². The molecule has 4 rings (SSSR count). The minimum atomic E-state index is 0.306. The zero-order chi connectivity index (χ0) is 25.4. The fourth-order valence-electron chi connectivity index (χ4n) is 7.35. The summed E-state index contributed by atoms with van der Waals surface area (Å²) in [4.78, 5) is 0. The number of hydrogen-bond acceptors (Lipinski definition) is 1. The van der Waals surface area contributed by atoms with Crippen molar-refractivity contribution >= 4 is 17.3 Å². The zero-order valence-corrected chi connectivity index (χ0v) is 23.5. The van der Waals surface area contributed by atoms with Crippen LogP contribution in [0.15, 0.2) is 43.0 Å². The first-order valence-corrected chi connectivity index (χ1v) is 13.6. The van der Waals surface area contributed by atoms with Gasteiger partial charge in [0, 0.05) is 21.5 Å². The molecule has 2 N–H and O–H groups in total. The summed E-state index contributed by atoms with van der Waals surface area (Å²) in [5.41, 5.74) is 14.2. The van der Waals surface area contributed by atoms with Crippen molar-refractivity contribution in [1.82, 2.24) is 0 Å². The van der Waals surface area contributed by atoms with Crippen LogP contribution in [0.5, 0.6) is 0 Å². The molecule has 0 aromatic heterocycles. The molecule has 0 aliphatic heterocycles. The van der Waals surface area contributed by atoms with Crippen molar-refractivity contribution in [2.24, 2.45) is 29.4 Å². The SMILES string of the molecule is C=C(N)c1ccc2c(c1)C(C(C)C)(C(C)C)CC2.CC(C)C1(C(C)C)CCc2c(Cl)cccc21. The maximum absolute atomic E-state index is 6.31. The number of fused-ring (bicyclic) bond motifs is 2. The van der Waals surface area contributed by atoms with Crippen LogP contribution in [0.4, 0.5) is 0 Å². The van der Waals surface area contributed by atoms with E-state index in [1.165, 1.54) is 41.5 Å². The molecule has 1 nitrogen and oxygen atoms in total. The molecule has 0 heterocycles. The number of hydrogen-bond donors (Lipinski definition) is 1. The largest absolute Gasteiger partial charge is 0.399 e. The second kappa shape index (κ2) is 10.1. The van der Waals surface area contributed by atoms with Crippen LogP contribution >= 0.6 is 11.6 Å². The Morgan fingerprint density at radius 3 is 1.85 bits per heavy atom. The Balaban J connectivity index is 0.000000192. The van der Waals surface area contributed by atoms with Gasteiger partial charge in [-0.15, -0.1) is 0 Å². The number of rotatable bonds is 5. The van der Waals surface area contributed by atoms with Gasteiger partial charge in [0.05, 0.1) is 0 Å². The van der Waals surface area contributed by atoms with Gasteiger partial charge in [-0.1, -0.05) is 97.8 Å². The summed E-state index contributed by atoms with van der Waals surface area (Å²) in [6.45, 7) is 22.6. The van der Waals surface area contributed by atoms with Crippen molar-refractivity contribution in [3.8, 4) is 0 Å². The molecule has 0 fully saturated rings. The van der Waals surface area contributed by atoms with E-state index in [1.54, 1.807) is 0 Å². The predicted molar refractivity (Wildman–Crippen MR) is 150 cm³/mol. The molecule has 0 unspecified atom stereocenters. The molecular weight excluding hydrogens is 434 g/mol. The second-order valence-electron chi connectivity index (χ2n) is 11.9. The monoisotopic (exact) mass is 479 g/mol. The van der Waals surface area contributed by atoms with Gasteiger partial charge in [-0.05, 0) is 89.3 Å². The standard InChI is InChI=1S/C17H25N.C15H21Cl/c1-11(2)17(12(3)4)9-8-14-6-7-15(13(5)18)10-16(14)17;1-10(2)15(11(3)4)9-8-12-13(15)6-5-7-14(12)16/h6-7,10-12H,5,8-9,18H2,1-4H3;5-7,10-11H,8-9H2,1-4H3. The topological polar surface area (TPSA) is 26.0 Å². The van der Waals surface area contributed by atoms with Gasteiger partial charge in [0.2, 0.25) is 0 Å².